The minimum absolute atomic E-state index is 0.118. The van der Waals surface area contributed by atoms with Crippen LogP contribution in [0.4, 0.5) is 5.69 Å². The fourth-order valence-electron chi connectivity index (χ4n) is 2.19. The van der Waals surface area contributed by atoms with Crippen LogP contribution in [0.25, 0.3) is 0 Å². The lowest BCUT2D eigenvalue weighted by molar-refractivity contribution is 0.184. The van der Waals surface area contributed by atoms with Gasteiger partial charge in [-0.1, -0.05) is 53.7 Å². The molecule has 0 N–H and O–H groups in total. The molecule has 3 nitrogen and oxygen atoms in total. The van der Waals surface area contributed by atoms with E-state index in [0.29, 0.717) is 12.3 Å². The van der Waals surface area contributed by atoms with Gasteiger partial charge in [0.25, 0.3) is 0 Å². The van der Waals surface area contributed by atoms with Crippen LogP contribution in [0.1, 0.15) is 58.2 Å². The van der Waals surface area contributed by atoms with Gasteiger partial charge in [-0.05, 0) is 32.7 Å². The smallest absolute Gasteiger partial charge is 0.115 e. The molecule has 0 bridgehead atoms. The molecular formula is C16H25NO2. The third-order valence-corrected chi connectivity index (χ3v) is 3.19. The summed E-state index contributed by atoms with van der Waals surface area (Å²) in [6.07, 6.45) is 0. The van der Waals surface area contributed by atoms with Crippen molar-refractivity contribution in [2.75, 3.05) is 7.11 Å². The minimum atomic E-state index is -0.118. The molecule has 106 valence electrons. The van der Waals surface area contributed by atoms with E-state index >= 15 is 0 Å². The standard InChI is InChI=1S/C16H25NO2/c1-15(2,3)12-8-11(10-19-7)9-13(14(12)17-18)16(4,5)6/h8-9H,10H2,1-7H3. The van der Waals surface area contributed by atoms with Gasteiger partial charge in [0, 0.05) is 7.11 Å². The summed E-state index contributed by atoms with van der Waals surface area (Å²) in [6.45, 7) is 13.1. The van der Waals surface area contributed by atoms with Crippen LogP contribution >= 0.6 is 0 Å². The largest absolute Gasteiger partial charge is 0.380 e. The number of rotatable bonds is 3. The molecule has 0 saturated carbocycles. The Bertz CT molecular complexity index is 430. The van der Waals surface area contributed by atoms with E-state index in [4.69, 9.17) is 4.74 Å². The highest BCUT2D eigenvalue weighted by Gasteiger charge is 2.27. The Hall–Kier alpha value is -1.22. The molecule has 0 spiro atoms. The van der Waals surface area contributed by atoms with Crippen LogP contribution in [-0.2, 0) is 22.2 Å². The molecule has 0 aliphatic carbocycles. The first-order valence-corrected chi connectivity index (χ1v) is 6.61. The van der Waals surface area contributed by atoms with Crippen LogP contribution in [0.3, 0.4) is 0 Å². The SMILES string of the molecule is COCc1cc(C(C)(C)C)c(N=O)c(C(C)(C)C)c1. The number of benzene rings is 1. The van der Waals surface area contributed by atoms with Crippen LogP contribution in [0.15, 0.2) is 17.3 Å². The quantitative estimate of drug-likeness (QED) is 0.733. The third-order valence-electron chi connectivity index (χ3n) is 3.19. The van der Waals surface area contributed by atoms with Crippen LogP contribution in [0.2, 0.25) is 0 Å². The van der Waals surface area contributed by atoms with E-state index in [9.17, 15) is 4.91 Å². The van der Waals surface area contributed by atoms with Crippen molar-refractivity contribution in [3.05, 3.63) is 33.7 Å². The number of hydrogen-bond acceptors (Lipinski definition) is 3. The minimum Gasteiger partial charge on any atom is -0.380 e. The molecule has 0 heterocycles. The van der Waals surface area contributed by atoms with Gasteiger partial charge in [0.1, 0.15) is 5.69 Å². The highest BCUT2D eigenvalue weighted by Crippen LogP contribution is 2.40. The van der Waals surface area contributed by atoms with Gasteiger partial charge >= 0.3 is 0 Å². The van der Waals surface area contributed by atoms with E-state index in [0.717, 1.165) is 16.7 Å². The second kappa shape index (κ2) is 5.41. The second-order valence-electron chi connectivity index (χ2n) is 7.06. The summed E-state index contributed by atoms with van der Waals surface area (Å²) in [5, 5.41) is 3.31. The lowest BCUT2D eigenvalue weighted by atomic mass is 9.78. The zero-order chi connectivity index (χ0) is 14.8. The first-order valence-electron chi connectivity index (χ1n) is 6.61. The van der Waals surface area contributed by atoms with Crippen molar-refractivity contribution < 1.29 is 4.74 Å². The molecule has 0 saturated heterocycles. The summed E-state index contributed by atoms with van der Waals surface area (Å²) in [4.78, 5) is 11.3. The average molecular weight is 263 g/mol. The molecule has 0 unspecified atom stereocenters. The van der Waals surface area contributed by atoms with E-state index in [1.807, 2.05) is 12.1 Å². The zero-order valence-electron chi connectivity index (χ0n) is 13.1. The normalized spacial score (nSPS) is 12.6. The van der Waals surface area contributed by atoms with Gasteiger partial charge in [-0.15, -0.1) is 4.91 Å². The lowest BCUT2D eigenvalue weighted by Gasteiger charge is -2.28. The van der Waals surface area contributed by atoms with E-state index in [2.05, 4.69) is 46.7 Å². The number of hydrogen-bond donors (Lipinski definition) is 0. The summed E-state index contributed by atoms with van der Waals surface area (Å²) in [6, 6.07) is 4.07. The van der Waals surface area contributed by atoms with Crippen molar-refractivity contribution in [3.63, 3.8) is 0 Å². The van der Waals surface area contributed by atoms with E-state index in [1.54, 1.807) is 7.11 Å². The molecule has 3 heteroatoms. The highest BCUT2D eigenvalue weighted by atomic mass is 16.5. The van der Waals surface area contributed by atoms with Crippen molar-refractivity contribution in [3.8, 4) is 0 Å². The van der Waals surface area contributed by atoms with Crippen molar-refractivity contribution in [1.29, 1.82) is 0 Å². The first kappa shape index (κ1) is 15.8. The molecule has 0 atom stereocenters. The maximum Gasteiger partial charge on any atom is 0.115 e. The van der Waals surface area contributed by atoms with Gasteiger partial charge in [0.05, 0.1) is 6.61 Å². The first-order chi connectivity index (χ1) is 8.61. The van der Waals surface area contributed by atoms with Gasteiger partial charge in [-0.3, -0.25) is 0 Å². The Balaban J connectivity index is 3.61. The Morgan fingerprint density at radius 1 is 1.00 bits per heavy atom. The maximum atomic E-state index is 11.3. The maximum absolute atomic E-state index is 11.3. The summed E-state index contributed by atoms with van der Waals surface area (Å²) < 4.78 is 5.23. The predicted octanol–water partition coefficient (Wildman–Crippen LogP) is 4.83. The van der Waals surface area contributed by atoms with Gasteiger partial charge in [-0.2, -0.15) is 0 Å². The third kappa shape index (κ3) is 3.63. The van der Waals surface area contributed by atoms with Crippen LogP contribution in [0, 0.1) is 4.91 Å². The summed E-state index contributed by atoms with van der Waals surface area (Å²) in [5.41, 5.74) is 3.41. The Morgan fingerprint density at radius 3 is 1.68 bits per heavy atom. The Kier molecular flexibility index (Phi) is 4.51. The van der Waals surface area contributed by atoms with Crippen molar-refractivity contribution in [1.82, 2.24) is 0 Å². The van der Waals surface area contributed by atoms with E-state index in [-0.39, 0.29) is 10.8 Å². The molecule has 0 fully saturated rings. The Morgan fingerprint density at radius 2 is 1.42 bits per heavy atom. The fraction of sp³-hybridized carbons (Fsp3) is 0.625. The zero-order valence-corrected chi connectivity index (χ0v) is 13.1. The molecule has 1 aromatic carbocycles. The van der Waals surface area contributed by atoms with Crippen LogP contribution in [-0.4, -0.2) is 7.11 Å². The molecule has 0 aliphatic rings. The van der Waals surface area contributed by atoms with Crippen LogP contribution in [0.5, 0.6) is 0 Å². The summed E-state index contributed by atoms with van der Waals surface area (Å²) in [7, 11) is 1.68. The highest BCUT2D eigenvalue weighted by molar-refractivity contribution is 5.59. The lowest BCUT2D eigenvalue weighted by Crippen LogP contribution is -2.18. The summed E-state index contributed by atoms with van der Waals surface area (Å²) >= 11 is 0. The average Bonchev–Trinajstić information content (AvgIpc) is 2.26. The molecule has 0 amide bonds. The molecule has 1 rings (SSSR count). The van der Waals surface area contributed by atoms with Gasteiger partial charge < -0.3 is 4.74 Å². The molecular weight excluding hydrogens is 238 g/mol. The number of nitrogens with zero attached hydrogens (tertiary/aromatic N) is 1. The Labute approximate surface area is 116 Å². The predicted molar refractivity (Wildman–Crippen MR) is 80.0 cm³/mol. The van der Waals surface area contributed by atoms with Crippen LogP contribution < -0.4 is 0 Å². The van der Waals surface area contributed by atoms with E-state index < -0.39 is 0 Å². The van der Waals surface area contributed by atoms with Gasteiger partial charge in [0.15, 0.2) is 0 Å². The number of nitroso groups, excluding NO2 is 1. The molecule has 0 aliphatic heterocycles. The monoisotopic (exact) mass is 263 g/mol. The fourth-order valence-corrected chi connectivity index (χ4v) is 2.19. The molecule has 1 aromatic rings. The number of ether oxygens (including phenoxy) is 1. The molecule has 0 aromatic heterocycles. The molecule has 0 radical (unpaired) electrons. The molecule has 19 heavy (non-hydrogen) atoms. The van der Waals surface area contributed by atoms with Crippen molar-refractivity contribution >= 4 is 5.69 Å². The second-order valence-corrected chi connectivity index (χ2v) is 7.06. The number of methoxy groups -OCH3 is 1. The summed E-state index contributed by atoms with van der Waals surface area (Å²) in [5.74, 6) is 0. The van der Waals surface area contributed by atoms with E-state index in [1.165, 1.54) is 0 Å². The topological polar surface area (TPSA) is 38.7 Å². The van der Waals surface area contributed by atoms with Crippen molar-refractivity contribution in [2.45, 2.75) is 59.0 Å². The van der Waals surface area contributed by atoms with Gasteiger partial charge in [0.2, 0.25) is 0 Å². The van der Waals surface area contributed by atoms with Crippen molar-refractivity contribution in [2.24, 2.45) is 5.18 Å². The van der Waals surface area contributed by atoms with Gasteiger partial charge in [-0.25, -0.2) is 0 Å².